The summed E-state index contributed by atoms with van der Waals surface area (Å²) >= 11 is 0. The molecule has 0 aliphatic rings. The van der Waals surface area contributed by atoms with Crippen LogP contribution in [0.3, 0.4) is 0 Å². The molecule has 0 spiro atoms. The minimum absolute atomic E-state index is 0.118. The van der Waals surface area contributed by atoms with Crippen LogP contribution < -0.4 is 0 Å². The van der Waals surface area contributed by atoms with Crippen LogP contribution in [0.15, 0.2) is 12.3 Å². The number of aliphatic hydroxyl groups excluding tert-OH is 1. The van der Waals surface area contributed by atoms with Crippen LogP contribution in [0, 0.1) is 0 Å². The largest absolute Gasteiger partial charge is 0.411 e. The van der Waals surface area contributed by atoms with Crippen LogP contribution in [0.4, 0.5) is 13.2 Å². The quantitative estimate of drug-likeness (QED) is 0.776. The van der Waals surface area contributed by atoms with E-state index in [1.807, 2.05) is 0 Å². The topological polar surface area (TPSA) is 47.3 Å². The van der Waals surface area contributed by atoms with Gasteiger partial charge in [0.2, 0.25) is 0 Å². The summed E-state index contributed by atoms with van der Waals surface area (Å²) in [5, 5.41) is 13.6. The van der Waals surface area contributed by atoms with E-state index < -0.39 is 18.9 Å². The van der Waals surface area contributed by atoms with Gasteiger partial charge in [0.1, 0.15) is 6.61 Å². The maximum absolute atomic E-state index is 11.7. The summed E-state index contributed by atoms with van der Waals surface area (Å²) in [5.74, 6) is 0. The molecule has 1 rings (SSSR count). The summed E-state index contributed by atoms with van der Waals surface area (Å²) in [7, 11) is 1.75. The molecule has 0 saturated carbocycles. The number of aryl methyl sites for hydroxylation is 1. The third-order valence-corrected chi connectivity index (χ3v) is 2.07. The van der Waals surface area contributed by atoms with E-state index in [-0.39, 0.29) is 13.0 Å². The summed E-state index contributed by atoms with van der Waals surface area (Å²) in [6, 6.07) is 1.75. The summed E-state index contributed by atoms with van der Waals surface area (Å²) in [6.07, 6.45) is -2.84. The predicted octanol–water partition coefficient (Wildman–Crippen LogP) is 1.29. The molecule has 0 bridgehead atoms. The van der Waals surface area contributed by atoms with Crippen molar-refractivity contribution in [3.63, 3.8) is 0 Å². The zero-order chi connectivity index (χ0) is 12.9. The first kappa shape index (κ1) is 14.0. The van der Waals surface area contributed by atoms with Crippen LogP contribution in [-0.2, 0) is 18.2 Å². The number of ether oxygens (including phenoxy) is 1. The average molecular weight is 252 g/mol. The highest BCUT2D eigenvalue weighted by Gasteiger charge is 2.27. The zero-order valence-electron chi connectivity index (χ0n) is 9.44. The summed E-state index contributed by atoms with van der Waals surface area (Å²) in [6.45, 7) is -1.39. The molecule has 1 aromatic heterocycles. The van der Waals surface area contributed by atoms with E-state index in [1.165, 1.54) is 0 Å². The van der Waals surface area contributed by atoms with Crippen molar-refractivity contribution in [1.82, 2.24) is 9.78 Å². The van der Waals surface area contributed by atoms with Crippen molar-refractivity contribution in [3.05, 3.63) is 18.0 Å². The van der Waals surface area contributed by atoms with Gasteiger partial charge in [0.25, 0.3) is 0 Å². The highest BCUT2D eigenvalue weighted by atomic mass is 19.4. The van der Waals surface area contributed by atoms with Crippen molar-refractivity contribution in [3.8, 4) is 0 Å². The number of halogens is 3. The summed E-state index contributed by atoms with van der Waals surface area (Å²) < 4.78 is 41.2. The average Bonchev–Trinajstić information content (AvgIpc) is 2.57. The monoisotopic (exact) mass is 252 g/mol. The lowest BCUT2D eigenvalue weighted by atomic mass is 10.1. The van der Waals surface area contributed by atoms with Crippen LogP contribution in [0.5, 0.6) is 0 Å². The maximum Gasteiger partial charge on any atom is 0.411 e. The Balaban J connectivity index is 2.15. The normalized spacial score (nSPS) is 13.9. The smallest absolute Gasteiger partial charge is 0.393 e. The molecular formula is C10H15F3N2O2. The third-order valence-electron chi connectivity index (χ3n) is 2.07. The van der Waals surface area contributed by atoms with Crippen molar-refractivity contribution >= 4 is 0 Å². The van der Waals surface area contributed by atoms with Gasteiger partial charge in [-0.05, 0) is 12.5 Å². The second-order valence-corrected chi connectivity index (χ2v) is 3.80. The number of aromatic nitrogens is 2. The summed E-state index contributed by atoms with van der Waals surface area (Å²) in [5.41, 5.74) is 0.704. The Morgan fingerprint density at radius 3 is 2.76 bits per heavy atom. The molecule has 7 heteroatoms. The minimum Gasteiger partial charge on any atom is -0.393 e. The van der Waals surface area contributed by atoms with Crippen LogP contribution >= 0.6 is 0 Å². The lowest BCUT2D eigenvalue weighted by Gasteiger charge is -2.10. The Hall–Kier alpha value is -1.08. The van der Waals surface area contributed by atoms with Gasteiger partial charge in [-0.2, -0.15) is 18.3 Å². The number of aliphatic hydroxyl groups is 1. The number of hydrogen-bond donors (Lipinski definition) is 1. The molecule has 0 fully saturated rings. The fourth-order valence-electron chi connectivity index (χ4n) is 1.32. The van der Waals surface area contributed by atoms with Gasteiger partial charge in [-0.15, -0.1) is 0 Å². The Bertz CT molecular complexity index is 339. The second kappa shape index (κ2) is 6.02. The zero-order valence-corrected chi connectivity index (χ0v) is 9.44. The molecule has 0 amide bonds. The van der Waals surface area contributed by atoms with Gasteiger partial charge in [-0.3, -0.25) is 4.68 Å². The van der Waals surface area contributed by atoms with E-state index in [0.29, 0.717) is 12.1 Å². The van der Waals surface area contributed by atoms with Gasteiger partial charge < -0.3 is 9.84 Å². The number of rotatable bonds is 6. The van der Waals surface area contributed by atoms with E-state index in [1.54, 1.807) is 24.0 Å². The number of hydrogen-bond acceptors (Lipinski definition) is 3. The first-order chi connectivity index (χ1) is 7.87. The highest BCUT2D eigenvalue weighted by Crippen LogP contribution is 2.14. The lowest BCUT2D eigenvalue weighted by molar-refractivity contribution is -0.175. The molecular weight excluding hydrogens is 237 g/mol. The van der Waals surface area contributed by atoms with Crippen molar-refractivity contribution in [1.29, 1.82) is 0 Å². The van der Waals surface area contributed by atoms with Crippen molar-refractivity contribution in [2.45, 2.75) is 25.1 Å². The predicted molar refractivity (Wildman–Crippen MR) is 54.4 cm³/mol. The van der Waals surface area contributed by atoms with Gasteiger partial charge in [-0.25, -0.2) is 0 Å². The maximum atomic E-state index is 11.7. The van der Waals surface area contributed by atoms with Gasteiger partial charge >= 0.3 is 6.18 Å². The molecule has 0 saturated heterocycles. The fraction of sp³-hybridized carbons (Fsp3) is 0.700. The molecule has 0 radical (unpaired) electrons. The minimum atomic E-state index is -4.31. The SMILES string of the molecule is Cn1ccc(CC(O)CCOCC(F)(F)F)n1. The van der Waals surface area contributed by atoms with E-state index >= 15 is 0 Å². The fourth-order valence-corrected chi connectivity index (χ4v) is 1.32. The Labute approximate surface area is 97.0 Å². The lowest BCUT2D eigenvalue weighted by Crippen LogP contribution is -2.20. The molecule has 0 aromatic carbocycles. The highest BCUT2D eigenvalue weighted by molar-refractivity contribution is 5.00. The molecule has 1 aromatic rings. The molecule has 4 nitrogen and oxygen atoms in total. The van der Waals surface area contributed by atoms with E-state index in [9.17, 15) is 18.3 Å². The Morgan fingerprint density at radius 1 is 1.53 bits per heavy atom. The second-order valence-electron chi connectivity index (χ2n) is 3.80. The van der Waals surface area contributed by atoms with Crippen molar-refractivity contribution in [2.24, 2.45) is 7.05 Å². The molecule has 17 heavy (non-hydrogen) atoms. The van der Waals surface area contributed by atoms with Crippen LogP contribution in [-0.4, -0.2) is 40.4 Å². The molecule has 98 valence electrons. The Kier molecular flexibility index (Phi) is 4.95. The van der Waals surface area contributed by atoms with E-state index in [4.69, 9.17) is 0 Å². The Morgan fingerprint density at radius 2 is 2.24 bits per heavy atom. The van der Waals surface area contributed by atoms with Gasteiger partial charge in [0.15, 0.2) is 0 Å². The van der Waals surface area contributed by atoms with Crippen LogP contribution in [0.1, 0.15) is 12.1 Å². The van der Waals surface area contributed by atoms with E-state index in [0.717, 1.165) is 0 Å². The van der Waals surface area contributed by atoms with Crippen LogP contribution in [0.25, 0.3) is 0 Å². The van der Waals surface area contributed by atoms with Crippen LogP contribution in [0.2, 0.25) is 0 Å². The van der Waals surface area contributed by atoms with Gasteiger partial charge in [-0.1, -0.05) is 0 Å². The molecule has 1 heterocycles. The molecule has 1 unspecified atom stereocenters. The number of alkyl halides is 3. The van der Waals surface area contributed by atoms with Crippen molar-refractivity contribution < 1.29 is 23.0 Å². The van der Waals surface area contributed by atoms with Gasteiger partial charge in [0, 0.05) is 26.3 Å². The van der Waals surface area contributed by atoms with Gasteiger partial charge in [0.05, 0.1) is 11.8 Å². The summed E-state index contributed by atoms with van der Waals surface area (Å²) in [4.78, 5) is 0. The molecule has 1 N–H and O–H groups in total. The van der Waals surface area contributed by atoms with Crippen molar-refractivity contribution in [2.75, 3.05) is 13.2 Å². The first-order valence-electron chi connectivity index (χ1n) is 5.18. The van der Waals surface area contributed by atoms with E-state index in [2.05, 4.69) is 9.84 Å². The molecule has 0 aliphatic carbocycles. The standard InChI is InChI=1S/C10H15F3N2O2/c1-15-4-2-8(14-15)6-9(16)3-5-17-7-10(11,12)13/h2,4,9,16H,3,5-7H2,1H3. The third kappa shape index (κ3) is 6.28. The molecule has 1 atom stereocenters. The first-order valence-corrected chi connectivity index (χ1v) is 5.18. The number of nitrogens with zero attached hydrogens (tertiary/aromatic N) is 2. The molecule has 0 aliphatic heterocycles.